The predicted octanol–water partition coefficient (Wildman–Crippen LogP) is 2.85. The summed E-state index contributed by atoms with van der Waals surface area (Å²) in [7, 11) is 0. The largest absolute Gasteiger partial charge is 0.449 e. The van der Waals surface area contributed by atoms with E-state index in [1.165, 1.54) is 13.8 Å². The summed E-state index contributed by atoms with van der Waals surface area (Å²) < 4.78 is 62.5. The van der Waals surface area contributed by atoms with Crippen molar-refractivity contribution in [3.8, 4) is 0 Å². The van der Waals surface area contributed by atoms with Crippen LogP contribution in [0.2, 0.25) is 0 Å². The molecule has 0 spiro atoms. The molecule has 0 saturated heterocycles. The molecule has 1 unspecified atom stereocenters. The Morgan fingerprint density at radius 2 is 1.76 bits per heavy atom. The summed E-state index contributed by atoms with van der Waals surface area (Å²) in [5, 5.41) is 7.02. The Kier molecular flexibility index (Phi) is 3.92. The number of ether oxygens (including phenoxy) is 1. The lowest BCUT2D eigenvalue weighted by Gasteiger charge is -2.11. The van der Waals surface area contributed by atoms with Crippen LogP contribution >= 0.6 is 0 Å². The fraction of sp³-hybridized carbons (Fsp3) is 0.250. The number of aryl methyl sites for hydroxylation is 1. The minimum atomic E-state index is -1.84. The van der Waals surface area contributed by atoms with E-state index >= 15 is 0 Å². The van der Waals surface area contributed by atoms with Gasteiger partial charge in [0.05, 0.1) is 0 Å². The number of benzene rings is 1. The molecule has 1 aromatic carbocycles. The molecule has 0 saturated carbocycles. The summed E-state index contributed by atoms with van der Waals surface area (Å²) in [6, 6.07) is -0.00770. The Bertz CT molecular complexity index is 676. The molecule has 1 aromatic heterocycles. The van der Waals surface area contributed by atoms with Crippen molar-refractivity contribution in [3.63, 3.8) is 0 Å². The molecular weight excluding hydrogens is 296 g/mol. The van der Waals surface area contributed by atoms with E-state index in [0.717, 1.165) is 0 Å². The minimum Gasteiger partial charge on any atom is -0.449 e. The van der Waals surface area contributed by atoms with Crippen molar-refractivity contribution in [1.29, 1.82) is 0 Å². The second-order valence-electron chi connectivity index (χ2n) is 4.05. The van der Waals surface area contributed by atoms with Gasteiger partial charge in [-0.3, -0.25) is 0 Å². The van der Waals surface area contributed by atoms with Crippen molar-refractivity contribution < 1.29 is 31.5 Å². The van der Waals surface area contributed by atoms with Gasteiger partial charge in [0.1, 0.15) is 5.56 Å². The lowest BCUT2D eigenvalue weighted by atomic mass is 10.2. The molecule has 0 aliphatic carbocycles. The number of esters is 1. The third-order valence-electron chi connectivity index (χ3n) is 2.49. The molecule has 0 aliphatic heterocycles. The maximum atomic E-state index is 13.4. The van der Waals surface area contributed by atoms with Gasteiger partial charge in [0, 0.05) is 13.0 Å². The van der Waals surface area contributed by atoms with Gasteiger partial charge in [0.25, 0.3) is 5.89 Å². The number of aromatic nitrogens is 2. The number of nitrogens with zero attached hydrogens (tertiary/aromatic N) is 2. The molecular formula is C12H8F4N2O3. The van der Waals surface area contributed by atoms with Gasteiger partial charge in [-0.15, -0.1) is 10.2 Å². The summed E-state index contributed by atoms with van der Waals surface area (Å²) in [6.45, 7) is 2.77. The van der Waals surface area contributed by atoms with Crippen molar-refractivity contribution in [2.75, 3.05) is 0 Å². The molecule has 1 atom stereocenters. The molecule has 21 heavy (non-hydrogen) atoms. The van der Waals surface area contributed by atoms with Crippen LogP contribution in [-0.2, 0) is 4.74 Å². The Balaban J connectivity index is 2.29. The standard InChI is InChI=1S/C12H8F4N2O3/c1-4(11-18-17-5(2)21-11)20-12(19)8-9(15)6(13)3-7(14)10(8)16/h3-4H,1-2H3. The Morgan fingerprint density at radius 1 is 1.19 bits per heavy atom. The zero-order chi connectivity index (χ0) is 15.7. The average Bonchev–Trinajstić information content (AvgIpc) is 2.83. The van der Waals surface area contributed by atoms with Crippen molar-refractivity contribution in [2.45, 2.75) is 20.0 Å². The fourth-order valence-corrected chi connectivity index (χ4v) is 1.50. The molecule has 0 fully saturated rings. The van der Waals surface area contributed by atoms with Crippen LogP contribution in [0, 0.1) is 30.2 Å². The lowest BCUT2D eigenvalue weighted by Crippen LogP contribution is -2.15. The predicted molar refractivity (Wildman–Crippen MR) is 59.1 cm³/mol. The number of rotatable bonds is 3. The van der Waals surface area contributed by atoms with Crippen LogP contribution in [0.25, 0.3) is 0 Å². The normalized spacial score (nSPS) is 12.3. The van der Waals surface area contributed by atoms with Crippen molar-refractivity contribution in [3.05, 3.63) is 46.7 Å². The van der Waals surface area contributed by atoms with Gasteiger partial charge >= 0.3 is 5.97 Å². The molecule has 2 aromatic rings. The van der Waals surface area contributed by atoms with E-state index in [4.69, 9.17) is 4.42 Å². The van der Waals surface area contributed by atoms with E-state index < -0.39 is 40.9 Å². The van der Waals surface area contributed by atoms with Gasteiger partial charge in [-0.25, -0.2) is 22.4 Å². The summed E-state index contributed by atoms with van der Waals surface area (Å²) >= 11 is 0. The zero-order valence-corrected chi connectivity index (χ0v) is 10.8. The summed E-state index contributed by atoms with van der Waals surface area (Å²) in [5.41, 5.74) is -1.46. The Morgan fingerprint density at radius 3 is 2.24 bits per heavy atom. The smallest absolute Gasteiger partial charge is 0.345 e. The first-order chi connectivity index (χ1) is 9.81. The van der Waals surface area contributed by atoms with Gasteiger partial charge in [0.15, 0.2) is 29.4 Å². The third-order valence-corrected chi connectivity index (χ3v) is 2.49. The molecule has 0 aliphatic rings. The zero-order valence-electron chi connectivity index (χ0n) is 10.8. The molecule has 2 rings (SSSR count). The number of carbonyl (C=O) groups excluding carboxylic acids is 1. The SMILES string of the molecule is Cc1nnc(C(C)OC(=O)c2c(F)c(F)cc(F)c2F)o1. The first-order valence-corrected chi connectivity index (χ1v) is 5.65. The van der Waals surface area contributed by atoms with E-state index in [1.807, 2.05) is 0 Å². The van der Waals surface area contributed by atoms with Crippen molar-refractivity contribution in [2.24, 2.45) is 0 Å². The maximum Gasteiger partial charge on any atom is 0.345 e. The van der Waals surface area contributed by atoms with Crippen LogP contribution in [0.5, 0.6) is 0 Å². The number of hydrogen-bond acceptors (Lipinski definition) is 5. The quantitative estimate of drug-likeness (QED) is 0.495. The van der Waals surface area contributed by atoms with Crippen LogP contribution in [0.3, 0.4) is 0 Å². The lowest BCUT2D eigenvalue weighted by molar-refractivity contribution is 0.0263. The van der Waals surface area contributed by atoms with Gasteiger partial charge < -0.3 is 9.15 Å². The summed E-state index contributed by atoms with van der Waals surface area (Å²) in [5.74, 6) is -8.63. The fourth-order valence-electron chi connectivity index (χ4n) is 1.50. The van der Waals surface area contributed by atoms with E-state index in [2.05, 4.69) is 14.9 Å². The highest BCUT2D eigenvalue weighted by atomic mass is 19.2. The molecule has 0 amide bonds. The minimum absolute atomic E-state index is 0.00770. The molecule has 112 valence electrons. The van der Waals surface area contributed by atoms with Crippen molar-refractivity contribution in [1.82, 2.24) is 10.2 Å². The average molecular weight is 304 g/mol. The number of carbonyl (C=O) groups is 1. The maximum absolute atomic E-state index is 13.4. The second kappa shape index (κ2) is 5.51. The van der Waals surface area contributed by atoms with E-state index in [-0.39, 0.29) is 17.8 Å². The highest BCUT2D eigenvalue weighted by Gasteiger charge is 2.28. The molecule has 0 N–H and O–H groups in total. The monoisotopic (exact) mass is 304 g/mol. The number of hydrogen-bond donors (Lipinski definition) is 0. The molecule has 1 heterocycles. The topological polar surface area (TPSA) is 65.2 Å². The Labute approximate surface area is 115 Å². The van der Waals surface area contributed by atoms with E-state index in [9.17, 15) is 22.4 Å². The summed E-state index contributed by atoms with van der Waals surface area (Å²) in [6.07, 6.45) is -1.15. The first kappa shape index (κ1) is 14.9. The van der Waals surface area contributed by atoms with Gasteiger partial charge in [-0.1, -0.05) is 0 Å². The highest BCUT2D eigenvalue weighted by molar-refractivity contribution is 5.90. The van der Waals surface area contributed by atoms with Gasteiger partial charge in [-0.2, -0.15) is 0 Å². The van der Waals surface area contributed by atoms with Gasteiger partial charge in [0.2, 0.25) is 5.89 Å². The number of halogens is 4. The Hall–Kier alpha value is -2.45. The second-order valence-corrected chi connectivity index (χ2v) is 4.05. The van der Waals surface area contributed by atoms with E-state index in [1.54, 1.807) is 0 Å². The third kappa shape index (κ3) is 2.86. The molecule has 9 heteroatoms. The first-order valence-electron chi connectivity index (χ1n) is 5.65. The van der Waals surface area contributed by atoms with Crippen LogP contribution in [-0.4, -0.2) is 16.2 Å². The molecule has 5 nitrogen and oxygen atoms in total. The van der Waals surface area contributed by atoms with Crippen LogP contribution in [0.1, 0.15) is 35.2 Å². The summed E-state index contributed by atoms with van der Waals surface area (Å²) in [4.78, 5) is 11.7. The van der Waals surface area contributed by atoms with Crippen LogP contribution in [0.15, 0.2) is 10.5 Å². The van der Waals surface area contributed by atoms with E-state index in [0.29, 0.717) is 0 Å². The molecule has 0 radical (unpaired) electrons. The molecule has 0 bridgehead atoms. The highest BCUT2D eigenvalue weighted by Crippen LogP contribution is 2.23. The van der Waals surface area contributed by atoms with Crippen LogP contribution < -0.4 is 0 Å². The van der Waals surface area contributed by atoms with Gasteiger partial charge in [-0.05, 0) is 6.92 Å². The van der Waals surface area contributed by atoms with Crippen molar-refractivity contribution >= 4 is 5.97 Å². The van der Waals surface area contributed by atoms with Crippen LogP contribution in [0.4, 0.5) is 17.6 Å².